The molecule has 1 aromatic heterocycles. The molecular weight excluding hydrogens is 230 g/mol. The van der Waals surface area contributed by atoms with Crippen LogP contribution in [-0.2, 0) is 16.1 Å². The monoisotopic (exact) mass is 251 g/mol. The van der Waals surface area contributed by atoms with Crippen molar-refractivity contribution in [2.75, 3.05) is 19.8 Å². The van der Waals surface area contributed by atoms with Gasteiger partial charge in [-0.3, -0.25) is 4.79 Å². The van der Waals surface area contributed by atoms with E-state index in [0.717, 1.165) is 37.6 Å². The smallest absolute Gasteiger partial charge is 0.220 e. The fourth-order valence-electron chi connectivity index (χ4n) is 2.16. The molecule has 1 N–H and O–H groups in total. The molecule has 0 radical (unpaired) electrons. The third-order valence-corrected chi connectivity index (χ3v) is 3.52. The Morgan fingerprint density at radius 2 is 2.44 bits per heavy atom. The summed E-state index contributed by atoms with van der Waals surface area (Å²) >= 11 is 0. The van der Waals surface area contributed by atoms with Crippen LogP contribution in [0.15, 0.2) is 6.33 Å². The van der Waals surface area contributed by atoms with E-state index in [0.29, 0.717) is 18.9 Å². The lowest BCUT2D eigenvalue weighted by molar-refractivity contribution is -0.122. The van der Waals surface area contributed by atoms with E-state index in [4.69, 9.17) is 4.74 Å². The van der Waals surface area contributed by atoms with Crippen LogP contribution in [0.3, 0.4) is 0 Å². The largest absolute Gasteiger partial charge is 0.381 e. The molecule has 1 amide bonds. The molecule has 1 saturated heterocycles. The van der Waals surface area contributed by atoms with E-state index in [1.165, 1.54) is 0 Å². The van der Waals surface area contributed by atoms with Gasteiger partial charge in [0.1, 0.15) is 0 Å². The highest BCUT2D eigenvalue weighted by atomic mass is 16.5. The Bertz CT molecular complexity index is 408. The van der Waals surface area contributed by atoms with E-state index in [2.05, 4.69) is 14.9 Å². The van der Waals surface area contributed by atoms with Gasteiger partial charge in [0.15, 0.2) is 0 Å². The van der Waals surface area contributed by atoms with Crippen molar-refractivity contribution < 1.29 is 9.53 Å². The zero-order chi connectivity index (χ0) is 13.0. The van der Waals surface area contributed by atoms with Gasteiger partial charge in [-0.05, 0) is 26.2 Å². The van der Waals surface area contributed by atoms with Crippen LogP contribution in [0.5, 0.6) is 0 Å². The molecule has 5 nitrogen and oxygen atoms in total. The first-order chi connectivity index (χ1) is 8.66. The average Bonchev–Trinajstić information content (AvgIpc) is 2.94. The summed E-state index contributed by atoms with van der Waals surface area (Å²) in [6.45, 7) is 6.99. The molecule has 1 aromatic rings. The van der Waals surface area contributed by atoms with Crippen LogP contribution < -0.4 is 5.32 Å². The van der Waals surface area contributed by atoms with Crippen LogP contribution in [-0.4, -0.2) is 35.2 Å². The summed E-state index contributed by atoms with van der Waals surface area (Å²) in [6.07, 6.45) is 3.41. The molecule has 1 fully saturated rings. The number of aromatic nitrogens is 2. The molecule has 5 heteroatoms. The second kappa shape index (κ2) is 6.00. The van der Waals surface area contributed by atoms with Gasteiger partial charge in [-0.25, -0.2) is 4.98 Å². The summed E-state index contributed by atoms with van der Waals surface area (Å²) < 4.78 is 7.32. The summed E-state index contributed by atoms with van der Waals surface area (Å²) in [6, 6.07) is 0. The van der Waals surface area contributed by atoms with Crippen molar-refractivity contribution in [3.63, 3.8) is 0 Å². The summed E-state index contributed by atoms with van der Waals surface area (Å²) in [5.74, 6) is 0.530. The summed E-state index contributed by atoms with van der Waals surface area (Å²) in [5.41, 5.74) is 2.21. The molecule has 2 heterocycles. The predicted molar refractivity (Wildman–Crippen MR) is 68.3 cm³/mol. The highest BCUT2D eigenvalue weighted by Gasteiger charge is 2.18. The van der Waals surface area contributed by atoms with Gasteiger partial charge >= 0.3 is 0 Å². The second-order valence-corrected chi connectivity index (χ2v) is 4.89. The molecule has 0 aromatic carbocycles. The number of aryl methyl sites for hydroxylation is 1. The van der Waals surface area contributed by atoms with Crippen molar-refractivity contribution in [2.45, 2.75) is 33.2 Å². The number of nitrogens with zero attached hydrogens (tertiary/aromatic N) is 2. The number of hydrogen-bond acceptors (Lipinski definition) is 3. The third-order valence-electron chi connectivity index (χ3n) is 3.52. The van der Waals surface area contributed by atoms with Crippen LogP contribution in [0.2, 0.25) is 0 Å². The molecule has 100 valence electrons. The maximum Gasteiger partial charge on any atom is 0.220 e. The van der Waals surface area contributed by atoms with Gasteiger partial charge in [0.25, 0.3) is 0 Å². The SMILES string of the molecule is Cc1ncn(CCNC(=O)C[C@@H]2CCOC2)c1C. The Morgan fingerprint density at radius 3 is 3.06 bits per heavy atom. The molecule has 1 aliphatic heterocycles. The molecule has 1 atom stereocenters. The summed E-state index contributed by atoms with van der Waals surface area (Å²) in [7, 11) is 0. The van der Waals surface area contributed by atoms with Gasteiger partial charge in [0.05, 0.1) is 12.0 Å². The number of imidazole rings is 1. The van der Waals surface area contributed by atoms with Gasteiger partial charge < -0.3 is 14.6 Å². The Morgan fingerprint density at radius 1 is 1.61 bits per heavy atom. The molecule has 0 saturated carbocycles. The van der Waals surface area contributed by atoms with Crippen LogP contribution >= 0.6 is 0 Å². The van der Waals surface area contributed by atoms with E-state index >= 15 is 0 Å². The van der Waals surface area contributed by atoms with Gasteiger partial charge in [0.2, 0.25) is 5.91 Å². The Labute approximate surface area is 108 Å². The van der Waals surface area contributed by atoms with Crippen LogP contribution in [0.25, 0.3) is 0 Å². The molecule has 0 aliphatic carbocycles. The fraction of sp³-hybridized carbons (Fsp3) is 0.692. The number of nitrogens with one attached hydrogen (secondary N) is 1. The molecule has 0 unspecified atom stereocenters. The third kappa shape index (κ3) is 3.32. The van der Waals surface area contributed by atoms with E-state index in [1.807, 2.05) is 20.2 Å². The number of rotatable bonds is 5. The highest BCUT2D eigenvalue weighted by Crippen LogP contribution is 2.15. The van der Waals surface area contributed by atoms with E-state index in [1.54, 1.807) is 0 Å². The molecule has 0 bridgehead atoms. The Kier molecular flexibility index (Phi) is 4.36. The van der Waals surface area contributed by atoms with Gasteiger partial charge in [-0.2, -0.15) is 0 Å². The highest BCUT2D eigenvalue weighted by molar-refractivity contribution is 5.76. The van der Waals surface area contributed by atoms with E-state index < -0.39 is 0 Å². The van der Waals surface area contributed by atoms with Gasteiger partial charge in [-0.15, -0.1) is 0 Å². The molecule has 18 heavy (non-hydrogen) atoms. The van der Waals surface area contributed by atoms with E-state index in [9.17, 15) is 4.79 Å². The van der Waals surface area contributed by atoms with Gasteiger partial charge in [-0.1, -0.05) is 0 Å². The number of amides is 1. The quantitative estimate of drug-likeness (QED) is 0.850. The molecular formula is C13H21N3O2. The Hall–Kier alpha value is -1.36. The maximum absolute atomic E-state index is 11.7. The molecule has 2 rings (SSSR count). The minimum atomic E-state index is 0.125. The zero-order valence-corrected chi connectivity index (χ0v) is 11.1. The lowest BCUT2D eigenvalue weighted by Crippen LogP contribution is -2.29. The number of ether oxygens (including phenoxy) is 1. The number of carbonyl (C=O) groups excluding carboxylic acids is 1. The standard InChI is InChI=1S/C13H21N3O2/c1-10-11(2)16(9-15-10)5-4-14-13(17)7-12-3-6-18-8-12/h9,12H,3-8H2,1-2H3,(H,14,17)/t12-/m0/s1. The minimum absolute atomic E-state index is 0.125. The first-order valence-corrected chi connectivity index (χ1v) is 6.49. The average molecular weight is 251 g/mol. The lowest BCUT2D eigenvalue weighted by atomic mass is 10.1. The lowest BCUT2D eigenvalue weighted by Gasteiger charge is -2.09. The molecule has 0 spiro atoms. The molecule has 1 aliphatic rings. The minimum Gasteiger partial charge on any atom is -0.381 e. The van der Waals surface area contributed by atoms with Crippen LogP contribution in [0, 0.1) is 19.8 Å². The van der Waals surface area contributed by atoms with E-state index in [-0.39, 0.29) is 5.91 Å². The second-order valence-electron chi connectivity index (χ2n) is 4.89. The fourth-order valence-corrected chi connectivity index (χ4v) is 2.16. The van der Waals surface area contributed by atoms with Crippen molar-refractivity contribution in [3.05, 3.63) is 17.7 Å². The maximum atomic E-state index is 11.7. The van der Waals surface area contributed by atoms with Crippen molar-refractivity contribution in [3.8, 4) is 0 Å². The van der Waals surface area contributed by atoms with Crippen LogP contribution in [0.4, 0.5) is 0 Å². The Balaban J connectivity index is 1.68. The number of carbonyl (C=O) groups is 1. The van der Waals surface area contributed by atoms with Gasteiger partial charge in [0, 0.05) is 38.4 Å². The first-order valence-electron chi connectivity index (χ1n) is 6.49. The normalized spacial score (nSPS) is 19.1. The summed E-state index contributed by atoms with van der Waals surface area (Å²) in [4.78, 5) is 15.9. The predicted octanol–water partition coefficient (Wildman–Crippen LogP) is 1.04. The zero-order valence-electron chi connectivity index (χ0n) is 11.1. The number of hydrogen-bond donors (Lipinski definition) is 1. The van der Waals surface area contributed by atoms with Crippen molar-refractivity contribution >= 4 is 5.91 Å². The van der Waals surface area contributed by atoms with Crippen molar-refractivity contribution in [2.24, 2.45) is 5.92 Å². The topological polar surface area (TPSA) is 56.2 Å². The van der Waals surface area contributed by atoms with Crippen molar-refractivity contribution in [1.82, 2.24) is 14.9 Å². The summed E-state index contributed by atoms with van der Waals surface area (Å²) in [5, 5.41) is 2.95. The van der Waals surface area contributed by atoms with Crippen LogP contribution in [0.1, 0.15) is 24.2 Å². The van der Waals surface area contributed by atoms with Crippen molar-refractivity contribution in [1.29, 1.82) is 0 Å². The first kappa shape index (κ1) is 13.1.